The van der Waals surface area contributed by atoms with Crippen LogP contribution in [-0.2, 0) is 27.5 Å². The molecule has 3 aromatic carbocycles. The van der Waals surface area contributed by atoms with Gasteiger partial charge in [0, 0.05) is 62.9 Å². The van der Waals surface area contributed by atoms with Crippen molar-refractivity contribution in [1.82, 2.24) is 30.7 Å². The largest absolute Gasteiger partial charge is 0.507 e. The van der Waals surface area contributed by atoms with Gasteiger partial charge in [0.1, 0.15) is 5.75 Å². The predicted molar refractivity (Wildman–Crippen MR) is 262 cm³/mol. The summed E-state index contributed by atoms with van der Waals surface area (Å²) in [5.74, 6) is -1.46. The summed E-state index contributed by atoms with van der Waals surface area (Å²) in [4.78, 5) is 53.3. The minimum absolute atomic E-state index is 0.153. The van der Waals surface area contributed by atoms with Gasteiger partial charge in [0.25, 0.3) is 0 Å². The Morgan fingerprint density at radius 3 is 2.26 bits per heavy atom. The number of amides is 2. The van der Waals surface area contributed by atoms with E-state index in [0.717, 1.165) is 79.5 Å². The van der Waals surface area contributed by atoms with Gasteiger partial charge in [-0.3, -0.25) is 14.4 Å². The summed E-state index contributed by atoms with van der Waals surface area (Å²) in [7, 11) is 2.11. The number of piperazine rings is 1. The first-order valence-corrected chi connectivity index (χ1v) is 24.0. The highest BCUT2D eigenvalue weighted by molar-refractivity contribution is 7.13. The van der Waals surface area contributed by atoms with Gasteiger partial charge in [-0.15, -0.1) is 21.5 Å². The third-order valence-corrected chi connectivity index (χ3v) is 13.9. The van der Waals surface area contributed by atoms with E-state index in [1.807, 2.05) is 75.7 Å². The number of aryl methyl sites for hydroxylation is 1. The van der Waals surface area contributed by atoms with Crippen molar-refractivity contribution in [3.05, 3.63) is 101 Å². The lowest BCUT2D eigenvalue weighted by molar-refractivity contribution is -0.137. The number of Topliss-reactive ketones (excluding diaryl/α,β-unsaturated/α-hetero) is 1. The number of nitrogens with two attached hydrogens (primary N) is 1. The number of nitrogens with zero attached hydrogens (tertiary/aromatic N) is 6. The maximum Gasteiger partial charge on any atom is 0.224 e. The van der Waals surface area contributed by atoms with Crippen LogP contribution in [0.3, 0.4) is 0 Å². The van der Waals surface area contributed by atoms with Crippen LogP contribution in [0.5, 0.6) is 5.75 Å². The van der Waals surface area contributed by atoms with Gasteiger partial charge in [0.05, 0.1) is 45.5 Å². The van der Waals surface area contributed by atoms with Gasteiger partial charge in [-0.1, -0.05) is 75.7 Å². The Labute approximate surface area is 392 Å². The van der Waals surface area contributed by atoms with Crippen LogP contribution < -0.4 is 26.2 Å². The molecule has 15 heteroatoms. The number of phenolic OH excluding ortho intramolecular Hbond substituents is 1. The molecule has 3 heterocycles. The lowest BCUT2D eigenvalue weighted by atomic mass is 9.77. The lowest BCUT2D eigenvalue weighted by Gasteiger charge is -2.37. The van der Waals surface area contributed by atoms with Crippen molar-refractivity contribution in [3.8, 4) is 27.4 Å². The maximum atomic E-state index is 14.1. The monoisotopic (exact) mass is 915 g/mol. The number of aliphatic hydroxyl groups excluding tert-OH is 1. The SMILES string of the molecule is Cc1ncsc1-c1ccc(CNC(=O)[C@@H]2C[C@@H](O)CC2C(=O)C(NC(=O)CCCCCN(C)Cc2ccc(N3CCN(c4cc(-c5ccccc5O)nnc4N)CC3)cc2)C(C)(C)C)cc1. The van der Waals surface area contributed by atoms with E-state index < -0.39 is 29.4 Å². The number of phenols is 1. The van der Waals surface area contributed by atoms with Crippen molar-refractivity contribution < 1.29 is 24.6 Å². The minimum Gasteiger partial charge on any atom is -0.507 e. The molecule has 0 spiro atoms. The molecule has 350 valence electrons. The Hall–Kier alpha value is -5.90. The van der Waals surface area contributed by atoms with Crippen molar-refractivity contribution >= 4 is 46.1 Å². The van der Waals surface area contributed by atoms with E-state index in [1.54, 1.807) is 23.5 Å². The molecule has 7 rings (SSSR count). The van der Waals surface area contributed by atoms with E-state index in [1.165, 1.54) is 11.3 Å². The molecule has 2 unspecified atom stereocenters. The second-order valence-corrected chi connectivity index (χ2v) is 19.8. The molecule has 14 nitrogen and oxygen atoms in total. The van der Waals surface area contributed by atoms with Gasteiger partial charge in [-0.05, 0) is 98.6 Å². The standard InChI is InChI=1S/C51H65N9O5S/c1-33-47(66-32-54-33)36-18-14-34(15-19-36)30-53-50(65)41-28-38(61)27-40(41)46(64)48(51(2,3)4)55-45(63)13-7-6-10-22-58(5)31-35-16-20-37(21-17-35)59-23-25-60(26-24-59)43-29-42(56-57-49(43)52)39-11-8-9-12-44(39)62/h8-9,11-12,14-21,29,32,38,40-41,48,61-62H,6-7,10,13,22-28,30-31H2,1-5H3,(H2,52,57)(H,53,65)(H,55,63)/t38-,40?,41+,48?/m0/s1. The smallest absolute Gasteiger partial charge is 0.224 e. The molecular formula is C51H65N9O5S. The molecule has 0 bridgehead atoms. The minimum atomic E-state index is -0.782. The average molecular weight is 916 g/mol. The summed E-state index contributed by atoms with van der Waals surface area (Å²) in [5, 5.41) is 35.4. The summed E-state index contributed by atoms with van der Waals surface area (Å²) in [6.45, 7) is 13.0. The molecule has 2 amide bonds. The van der Waals surface area contributed by atoms with Crippen molar-refractivity contribution in [2.75, 3.05) is 55.3 Å². The predicted octanol–water partition coefficient (Wildman–Crippen LogP) is 6.99. The molecule has 1 saturated carbocycles. The number of aromatic hydroxyl groups is 1. The molecular weight excluding hydrogens is 851 g/mol. The van der Waals surface area contributed by atoms with E-state index in [9.17, 15) is 24.6 Å². The third-order valence-electron chi connectivity index (χ3n) is 12.9. The van der Waals surface area contributed by atoms with Crippen LogP contribution in [0.4, 0.5) is 17.2 Å². The number of unbranched alkanes of at least 4 members (excludes halogenated alkanes) is 2. The zero-order chi connectivity index (χ0) is 47.0. The highest BCUT2D eigenvalue weighted by Crippen LogP contribution is 2.37. The van der Waals surface area contributed by atoms with E-state index in [0.29, 0.717) is 36.5 Å². The fraction of sp³-hybridized carbons (Fsp3) is 0.451. The van der Waals surface area contributed by atoms with Crippen LogP contribution in [0.15, 0.2) is 84.4 Å². The van der Waals surface area contributed by atoms with Gasteiger partial charge in [-0.2, -0.15) is 0 Å². The van der Waals surface area contributed by atoms with Gasteiger partial charge in [0.15, 0.2) is 11.6 Å². The normalized spacial score (nSPS) is 18.1. The fourth-order valence-electron chi connectivity index (χ4n) is 9.17. The Bertz CT molecular complexity index is 2430. The molecule has 1 aliphatic carbocycles. The molecule has 66 heavy (non-hydrogen) atoms. The summed E-state index contributed by atoms with van der Waals surface area (Å²) < 4.78 is 0. The van der Waals surface area contributed by atoms with Gasteiger partial charge in [-0.25, -0.2) is 4.98 Å². The number of anilines is 3. The molecule has 1 saturated heterocycles. The zero-order valence-corrected chi connectivity index (χ0v) is 39.7. The van der Waals surface area contributed by atoms with E-state index in [-0.39, 0.29) is 36.2 Å². The third kappa shape index (κ3) is 12.1. The van der Waals surface area contributed by atoms with Crippen LogP contribution in [-0.4, -0.2) is 99.8 Å². The first-order valence-electron chi connectivity index (χ1n) is 23.1. The van der Waals surface area contributed by atoms with Crippen LogP contribution >= 0.6 is 11.3 Å². The van der Waals surface area contributed by atoms with Gasteiger partial charge >= 0.3 is 0 Å². The number of rotatable bonds is 18. The molecule has 1 aliphatic heterocycles. The first kappa shape index (κ1) is 48.0. The van der Waals surface area contributed by atoms with Crippen LogP contribution in [0, 0.1) is 24.2 Å². The summed E-state index contributed by atoms with van der Waals surface area (Å²) >= 11 is 1.59. The number of aliphatic hydroxyl groups is 1. The van der Waals surface area contributed by atoms with Crippen molar-refractivity contribution in [1.29, 1.82) is 0 Å². The van der Waals surface area contributed by atoms with Crippen LogP contribution in [0.1, 0.15) is 76.1 Å². The molecule has 5 aromatic rings. The number of ketones is 1. The number of benzene rings is 3. The van der Waals surface area contributed by atoms with Crippen molar-refractivity contribution in [3.63, 3.8) is 0 Å². The number of carbonyl (C=O) groups is 3. The number of hydrogen-bond donors (Lipinski definition) is 5. The summed E-state index contributed by atoms with van der Waals surface area (Å²) in [6, 6.07) is 24.9. The second-order valence-electron chi connectivity index (χ2n) is 19.0. The number of hydrogen-bond acceptors (Lipinski definition) is 13. The molecule has 6 N–H and O–H groups in total. The summed E-state index contributed by atoms with van der Waals surface area (Å²) in [6.07, 6.45) is 2.47. The zero-order valence-electron chi connectivity index (χ0n) is 38.9. The number of nitrogen functional groups attached to an aromatic ring is 1. The van der Waals surface area contributed by atoms with Crippen LogP contribution in [0.25, 0.3) is 21.7 Å². The molecule has 0 radical (unpaired) electrons. The molecule has 2 aliphatic rings. The number of para-hydroxylation sites is 1. The van der Waals surface area contributed by atoms with E-state index in [2.05, 4.69) is 71.8 Å². The lowest BCUT2D eigenvalue weighted by Crippen LogP contribution is -2.52. The average Bonchev–Trinajstić information content (AvgIpc) is 3.92. The topological polar surface area (TPSA) is 190 Å². The Balaban J connectivity index is 0.815. The highest BCUT2D eigenvalue weighted by Gasteiger charge is 2.46. The quantitative estimate of drug-likeness (QED) is 0.0568. The second kappa shape index (κ2) is 21.6. The van der Waals surface area contributed by atoms with Crippen molar-refractivity contribution in [2.24, 2.45) is 17.3 Å². The fourth-order valence-corrected chi connectivity index (χ4v) is 9.98. The number of nitrogens with one attached hydrogen (secondary N) is 2. The number of aromatic nitrogens is 3. The Kier molecular flexibility index (Phi) is 15.7. The molecule has 4 atom stereocenters. The van der Waals surface area contributed by atoms with Crippen molar-refractivity contribution in [2.45, 2.75) is 91.5 Å². The molecule has 2 aromatic heterocycles. The number of thiazole rings is 1. The van der Waals surface area contributed by atoms with Gasteiger partial charge in [0.2, 0.25) is 11.8 Å². The Morgan fingerprint density at radius 2 is 1.58 bits per heavy atom. The van der Waals surface area contributed by atoms with E-state index in [4.69, 9.17) is 5.73 Å². The molecule has 2 fully saturated rings. The summed E-state index contributed by atoms with van der Waals surface area (Å²) in [5.41, 5.74) is 14.9. The first-order chi connectivity index (χ1) is 31.6. The van der Waals surface area contributed by atoms with E-state index >= 15 is 0 Å². The van der Waals surface area contributed by atoms with Gasteiger partial charge < -0.3 is 41.3 Å². The maximum absolute atomic E-state index is 14.1. The highest BCUT2D eigenvalue weighted by atomic mass is 32.1. The van der Waals surface area contributed by atoms with Crippen LogP contribution in [0.2, 0.25) is 0 Å². The Morgan fingerprint density at radius 1 is 0.894 bits per heavy atom. The number of carbonyl (C=O) groups excluding carboxylic acids is 3.